The lowest BCUT2D eigenvalue weighted by Gasteiger charge is -2.34. The fourth-order valence-corrected chi connectivity index (χ4v) is 3.55. The van der Waals surface area contributed by atoms with Crippen LogP contribution in [-0.4, -0.2) is 26.4 Å². The molecule has 1 fully saturated rings. The Labute approximate surface area is 133 Å². The zero-order valence-electron chi connectivity index (χ0n) is 13.5. The monoisotopic (exact) mass is 301 g/mol. The second-order valence-corrected chi connectivity index (χ2v) is 6.33. The maximum atomic E-state index is 5.55. The second kappa shape index (κ2) is 7.80. The number of benzene rings is 1. The van der Waals surface area contributed by atoms with E-state index in [4.69, 9.17) is 9.47 Å². The van der Waals surface area contributed by atoms with E-state index in [9.17, 15) is 0 Å². The first-order valence-electron chi connectivity index (χ1n) is 8.51. The predicted octanol–water partition coefficient (Wildman–Crippen LogP) is 3.86. The SMILES string of the molecule is COc1ccc([C@@H](N[C@@H]2C=CCCC2)C2CCOCC2)cc1. The van der Waals surface area contributed by atoms with Crippen LogP contribution < -0.4 is 10.1 Å². The van der Waals surface area contributed by atoms with E-state index in [1.807, 2.05) is 0 Å². The number of methoxy groups -OCH3 is 1. The van der Waals surface area contributed by atoms with Crippen LogP contribution in [0.15, 0.2) is 36.4 Å². The van der Waals surface area contributed by atoms with Crippen molar-refractivity contribution >= 4 is 0 Å². The van der Waals surface area contributed by atoms with Gasteiger partial charge < -0.3 is 14.8 Å². The van der Waals surface area contributed by atoms with Gasteiger partial charge in [0.15, 0.2) is 0 Å². The second-order valence-electron chi connectivity index (χ2n) is 6.33. The lowest BCUT2D eigenvalue weighted by atomic mass is 9.86. The molecule has 0 spiro atoms. The summed E-state index contributed by atoms with van der Waals surface area (Å²) in [5.74, 6) is 1.57. The number of hydrogen-bond acceptors (Lipinski definition) is 3. The largest absolute Gasteiger partial charge is 0.497 e. The van der Waals surface area contributed by atoms with Crippen molar-refractivity contribution in [3.63, 3.8) is 0 Å². The highest BCUT2D eigenvalue weighted by atomic mass is 16.5. The zero-order valence-corrected chi connectivity index (χ0v) is 13.5. The number of allylic oxidation sites excluding steroid dienone is 1. The molecule has 1 aromatic rings. The molecular weight excluding hydrogens is 274 g/mol. The van der Waals surface area contributed by atoms with E-state index >= 15 is 0 Å². The van der Waals surface area contributed by atoms with Crippen molar-refractivity contribution < 1.29 is 9.47 Å². The van der Waals surface area contributed by atoms with Crippen molar-refractivity contribution in [3.8, 4) is 5.75 Å². The number of nitrogens with one attached hydrogen (secondary N) is 1. The van der Waals surface area contributed by atoms with Crippen LogP contribution in [0.25, 0.3) is 0 Å². The van der Waals surface area contributed by atoms with E-state index in [0.717, 1.165) is 31.8 Å². The molecule has 0 radical (unpaired) electrons. The van der Waals surface area contributed by atoms with Gasteiger partial charge in [-0.05, 0) is 55.7 Å². The van der Waals surface area contributed by atoms with Crippen molar-refractivity contribution in [3.05, 3.63) is 42.0 Å². The first-order valence-corrected chi connectivity index (χ1v) is 8.51. The first-order chi connectivity index (χ1) is 10.9. The van der Waals surface area contributed by atoms with Gasteiger partial charge in [0.1, 0.15) is 5.75 Å². The molecule has 2 aliphatic rings. The fraction of sp³-hybridized carbons (Fsp3) is 0.579. The topological polar surface area (TPSA) is 30.5 Å². The van der Waals surface area contributed by atoms with Crippen LogP contribution in [0.5, 0.6) is 5.75 Å². The summed E-state index contributed by atoms with van der Waals surface area (Å²) in [6, 6.07) is 9.46. The third-order valence-electron chi connectivity index (χ3n) is 4.86. The Hall–Kier alpha value is -1.32. The van der Waals surface area contributed by atoms with Crippen LogP contribution in [0.3, 0.4) is 0 Å². The Morgan fingerprint density at radius 1 is 1.14 bits per heavy atom. The molecule has 0 unspecified atom stereocenters. The maximum absolute atomic E-state index is 5.55. The van der Waals surface area contributed by atoms with E-state index in [1.54, 1.807) is 7.11 Å². The Kier molecular flexibility index (Phi) is 5.52. The van der Waals surface area contributed by atoms with Crippen molar-refractivity contribution in [2.24, 2.45) is 5.92 Å². The summed E-state index contributed by atoms with van der Waals surface area (Å²) in [7, 11) is 1.72. The summed E-state index contributed by atoms with van der Waals surface area (Å²) in [6.07, 6.45) is 10.7. The van der Waals surface area contributed by atoms with Gasteiger partial charge in [0.05, 0.1) is 7.11 Å². The normalized spacial score (nSPS) is 24.1. The van der Waals surface area contributed by atoms with Crippen molar-refractivity contribution in [1.82, 2.24) is 5.32 Å². The van der Waals surface area contributed by atoms with E-state index in [2.05, 4.69) is 41.7 Å². The van der Waals surface area contributed by atoms with E-state index in [0.29, 0.717) is 18.0 Å². The lowest BCUT2D eigenvalue weighted by molar-refractivity contribution is 0.0523. The van der Waals surface area contributed by atoms with E-state index in [1.165, 1.54) is 24.8 Å². The summed E-state index contributed by atoms with van der Waals surface area (Å²) in [5, 5.41) is 3.90. The molecule has 22 heavy (non-hydrogen) atoms. The minimum atomic E-state index is 0.405. The smallest absolute Gasteiger partial charge is 0.118 e. The summed E-state index contributed by atoms with van der Waals surface area (Å²) < 4.78 is 10.8. The summed E-state index contributed by atoms with van der Waals surface area (Å²) in [5.41, 5.74) is 1.37. The van der Waals surface area contributed by atoms with Crippen molar-refractivity contribution in [2.75, 3.05) is 20.3 Å². The molecule has 3 heteroatoms. The molecule has 1 heterocycles. The standard InChI is InChI=1S/C19H27NO2/c1-21-18-9-7-15(8-10-18)19(16-11-13-22-14-12-16)20-17-5-3-2-4-6-17/h3,5,7-10,16-17,19-20H,2,4,6,11-14H2,1H3/t17-,19-/m1/s1. The van der Waals surface area contributed by atoms with Crippen LogP contribution >= 0.6 is 0 Å². The third kappa shape index (κ3) is 3.90. The van der Waals surface area contributed by atoms with Gasteiger partial charge in [-0.2, -0.15) is 0 Å². The Morgan fingerprint density at radius 3 is 2.55 bits per heavy atom. The summed E-state index contributed by atoms with van der Waals surface area (Å²) in [4.78, 5) is 0. The number of ether oxygens (including phenoxy) is 2. The zero-order chi connectivity index (χ0) is 15.2. The molecule has 1 N–H and O–H groups in total. The molecule has 2 atom stereocenters. The van der Waals surface area contributed by atoms with Crippen molar-refractivity contribution in [1.29, 1.82) is 0 Å². The molecule has 0 bridgehead atoms. The summed E-state index contributed by atoms with van der Waals surface area (Å²) in [6.45, 7) is 1.78. The molecule has 1 aliphatic carbocycles. The van der Waals surface area contributed by atoms with E-state index < -0.39 is 0 Å². The predicted molar refractivity (Wildman–Crippen MR) is 89.2 cm³/mol. The molecule has 3 nitrogen and oxygen atoms in total. The number of rotatable bonds is 5. The van der Waals surface area contributed by atoms with Gasteiger partial charge >= 0.3 is 0 Å². The molecular formula is C19H27NO2. The Balaban J connectivity index is 1.77. The van der Waals surface area contributed by atoms with Gasteiger partial charge in [-0.1, -0.05) is 24.3 Å². The van der Waals surface area contributed by atoms with Gasteiger partial charge in [0, 0.05) is 25.3 Å². The molecule has 0 aromatic heterocycles. The van der Waals surface area contributed by atoms with Gasteiger partial charge in [0.25, 0.3) is 0 Å². The Bertz CT molecular complexity index is 477. The highest BCUT2D eigenvalue weighted by molar-refractivity contribution is 5.30. The van der Waals surface area contributed by atoms with Crippen LogP contribution in [0.4, 0.5) is 0 Å². The average molecular weight is 301 g/mol. The van der Waals surface area contributed by atoms with Crippen LogP contribution in [0.2, 0.25) is 0 Å². The summed E-state index contributed by atoms with van der Waals surface area (Å²) >= 11 is 0. The third-order valence-corrected chi connectivity index (χ3v) is 4.86. The van der Waals surface area contributed by atoms with Crippen LogP contribution in [0.1, 0.15) is 43.7 Å². The van der Waals surface area contributed by atoms with Crippen molar-refractivity contribution in [2.45, 2.75) is 44.2 Å². The average Bonchev–Trinajstić information content (AvgIpc) is 2.61. The minimum absolute atomic E-state index is 0.405. The quantitative estimate of drug-likeness (QED) is 0.838. The number of hydrogen-bond donors (Lipinski definition) is 1. The molecule has 0 amide bonds. The van der Waals surface area contributed by atoms with E-state index in [-0.39, 0.29) is 0 Å². The molecule has 1 aliphatic heterocycles. The minimum Gasteiger partial charge on any atom is -0.497 e. The van der Waals surface area contributed by atoms with Gasteiger partial charge in [-0.3, -0.25) is 0 Å². The van der Waals surface area contributed by atoms with Gasteiger partial charge in [-0.25, -0.2) is 0 Å². The molecule has 3 rings (SSSR count). The molecule has 120 valence electrons. The highest BCUT2D eigenvalue weighted by Crippen LogP contribution is 2.32. The van der Waals surface area contributed by atoms with Crippen LogP contribution in [-0.2, 0) is 4.74 Å². The lowest BCUT2D eigenvalue weighted by Crippen LogP contribution is -2.38. The molecule has 1 saturated heterocycles. The fourth-order valence-electron chi connectivity index (χ4n) is 3.55. The molecule has 0 saturated carbocycles. The van der Waals surface area contributed by atoms with Gasteiger partial charge in [0.2, 0.25) is 0 Å². The first kappa shape index (κ1) is 15.6. The maximum Gasteiger partial charge on any atom is 0.118 e. The Morgan fingerprint density at radius 2 is 1.91 bits per heavy atom. The highest BCUT2D eigenvalue weighted by Gasteiger charge is 2.27. The van der Waals surface area contributed by atoms with Gasteiger partial charge in [-0.15, -0.1) is 0 Å². The van der Waals surface area contributed by atoms with Crippen LogP contribution in [0, 0.1) is 5.92 Å². The molecule has 1 aromatic carbocycles.